The molecule has 7 nitrogen and oxygen atoms in total. The lowest BCUT2D eigenvalue weighted by Crippen LogP contribution is -3.19. The Balaban J connectivity index is 1.46. The number of carbonyl (C=O) groups excluding carboxylic acids is 2. The number of anilines is 1. The SMILES string of the molecule is Cc1ccc(S(=O)(=O)N2CC[NH+]([C@@H]3CC(=O)N(c4ccccc4F)C3=O)CC2)cc1C. The van der Waals surface area contributed by atoms with E-state index < -0.39 is 33.7 Å². The van der Waals surface area contributed by atoms with Gasteiger partial charge in [-0.25, -0.2) is 17.7 Å². The zero-order valence-electron chi connectivity index (χ0n) is 17.5. The van der Waals surface area contributed by atoms with E-state index in [9.17, 15) is 22.4 Å². The largest absolute Gasteiger partial charge is 0.322 e. The first-order valence-corrected chi connectivity index (χ1v) is 11.7. The zero-order valence-corrected chi connectivity index (χ0v) is 18.3. The quantitative estimate of drug-likeness (QED) is 0.700. The van der Waals surface area contributed by atoms with Gasteiger partial charge in [0.1, 0.15) is 5.82 Å². The van der Waals surface area contributed by atoms with E-state index in [0.717, 1.165) is 20.9 Å². The lowest BCUT2D eigenvalue weighted by molar-refractivity contribution is -0.918. The molecule has 2 saturated heterocycles. The number of halogens is 1. The summed E-state index contributed by atoms with van der Waals surface area (Å²) in [6.07, 6.45) is -0.00753. The summed E-state index contributed by atoms with van der Waals surface area (Å²) in [6, 6.07) is 10.2. The molecule has 0 bridgehead atoms. The lowest BCUT2D eigenvalue weighted by atomic mass is 10.1. The summed E-state index contributed by atoms with van der Waals surface area (Å²) in [7, 11) is -3.62. The minimum absolute atomic E-state index is 0.00753. The Morgan fingerprint density at radius 1 is 1.00 bits per heavy atom. The molecule has 0 aromatic heterocycles. The third-order valence-electron chi connectivity index (χ3n) is 6.21. The summed E-state index contributed by atoms with van der Waals surface area (Å²) >= 11 is 0. The molecule has 164 valence electrons. The van der Waals surface area contributed by atoms with Crippen molar-refractivity contribution in [2.75, 3.05) is 31.1 Å². The molecule has 2 amide bonds. The van der Waals surface area contributed by atoms with Crippen LogP contribution >= 0.6 is 0 Å². The van der Waals surface area contributed by atoms with Crippen LogP contribution in [-0.4, -0.2) is 56.8 Å². The molecule has 2 aromatic carbocycles. The highest BCUT2D eigenvalue weighted by atomic mass is 32.2. The van der Waals surface area contributed by atoms with Crippen molar-refractivity contribution in [2.24, 2.45) is 0 Å². The normalized spacial score (nSPS) is 21.1. The number of imide groups is 1. The van der Waals surface area contributed by atoms with Crippen LogP contribution in [0.1, 0.15) is 17.5 Å². The number of rotatable bonds is 4. The molecule has 0 spiro atoms. The van der Waals surface area contributed by atoms with E-state index in [-0.39, 0.29) is 30.1 Å². The van der Waals surface area contributed by atoms with Crippen LogP contribution in [0.4, 0.5) is 10.1 Å². The van der Waals surface area contributed by atoms with E-state index in [4.69, 9.17) is 0 Å². The van der Waals surface area contributed by atoms with Gasteiger partial charge in [-0.05, 0) is 49.2 Å². The summed E-state index contributed by atoms with van der Waals surface area (Å²) in [4.78, 5) is 27.4. The molecule has 0 saturated carbocycles. The molecule has 0 unspecified atom stereocenters. The van der Waals surface area contributed by atoms with E-state index in [1.165, 1.54) is 22.5 Å². The Hall–Kier alpha value is -2.62. The van der Waals surface area contributed by atoms with E-state index in [2.05, 4.69) is 0 Å². The molecule has 2 heterocycles. The number of sulfonamides is 1. The highest BCUT2D eigenvalue weighted by Gasteiger charge is 2.47. The van der Waals surface area contributed by atoms with Crippen LogP contribution < -0.4 is 9.80 Å². The van der Waals surface area contributed by atoms with Crippen LogP contribution in [-0.2, 0) is 19.6 Å². The summed E-state index contributed by atoms with van der Waals surface area (Å²) in [5, 5.41) is 0. The molecule has 4 rings (SSSR count). The summed E-state index contributed by atoms with van der Waals surface area (Å²) in [5.74, 6) is -1.49. The molecule has 1 atom stereocenters. The lowest BCUT2D eigenvalue weighted by Gasteiger charge is -2.33. The van der Waals surface area contributed by atoms with Gasteiger partial charge in [-0.2, -0.15) is 4.31 Å². The smallest absolute Gasteiger partial charge is 0.292 e. The fourth-order valence-corrected chi connectivity index (χ4v) is 5.75. The third kappa shape index (κ3) is 3.88. The Labute approximate surface area is 181 Å². The number of amides is 2. The van der Waals surface area contributed by atoms with Crippen LogP contribution in [0.2, 0.25) is 0 Å². The summed E-state index contributed by atoms with van der Waals surface area (Å²) < 4.78 is 41.6. The first kappa shape index (κ1) is 21.6. The maximum Gasteiger partial charge on any atom is 0.292 e. The first-order chi connectivity index (χ1) is 14.7. The number of hydrogen-bond acceptors (Lipinski definition) is 4. The number of hydrogen-bond donors (Lipinski definition) is 1. The van der Waals surface area contributed by atoms with E-state index in [1.54, 1.807) is 24.3 Å². The van der Waals surface area contributed by atoms with Gasteiger partial charge >= 0.3 is 0 Å². The number of carbonyl (C=O) groups is 2. The Morgan fingerprint density at radius 2 is 1.68 bits per heavy atom. The number of aryl methyl sites for hydroxylation is 2. The van der Waals surface area contributed by atoms with Gasteiger partial charge in [-0.15, -0.1) is 0 Å². The standard InChI is InChI=1S/C22H24FN3O4S/c1-15-7-8-17(13-16(15)2)31(29,30)25-11-9-24(10-12-25)20-14-21(27)26(22(20)28)19-6-4-3-5-18(19)23/h3-8,13,20H,9-12,14H2,1-2H3/p+1/t20-/m1/s1. The molecule has 2 fully saturated rings. The summed E-state index contributed by atoms with van der Waals surface area (Å²) in [5.41, 5.74) is 1.90. The van der Waals surface area contributed by atoms with Gasteiger partial charge in [0.25, 0.3) is 5.91 Å². The third-order valence-corrected chi connectivity index (χ3v) is 8.11. The van der Waals surface area contributed by atoms with E-state index in [0.29, 0.717) is 13.1 Å². The Kier molecular flexibility index (Phi) is 5.67. The molecule has 31 heavy (non-hydrogen) atoms. The maximum absolute atomic E-state index is 14.1. The highest BCUT2D eigenvalue weighted by Crippen LogP contribution is 2.25. The van der Waals surface area contributed by atoms with Crippen molar-refractivity contribution in [3.8, 4) is 0 Å². The second-order valence-corrected chi connectivity index (χ2v) is 10.0. The van der Waals surface area contributed by atoms with Gasteiger partial charge in [0.2, 0.25) is 15.9 Å². The Morgan fingerprint density at radius 3 is 2.32 bits per heavy atom. The molecule has 2 aliphatic heterocycles. The number of piperazine rings is 1. The monoisotopic (exact) mass is 446 g/mol. The van der Waals surface area contributed by atoms with Crippen molar-refractivity contribution >= 4 is 27.5 Å². The van der Waals surface area contributed by atoms with E-state index >= 15 is 0 Å². The summed E-state index contributed by atoms with van der Waals surface area (Å²) in [6.45, 7) is 5.11. The number of quaternary nitrogens is 1. The van der Waals surface area contributed by atoms with Crippen molar-refractivity contribution in [3.05, 3.63) is 59.4 Å². The topological polar surface area (TPSA) is 79.2 Å². The van der Waals surface area contributed by atoms with Crippen LogP contribution in [0.15, 0.2) is 47.4 Å². The van der Waals surface area contributed by atoms with Gasteiger partial charge in [0, 0.05) is 0 Å². The predicted octanol–water partition coefficient (Wildman–Crippen LogP) is 0.664. The average Bonchev–Trinajstić information content (AvgIpc) is 3.04. The molecule has 2 aliphatic rings. The average molecular weight is 447 g/mol. The number of para-hydroxylation sites is 1. The molecule has 9 heteroatoms. The number of nitrogens with one attached hydrogen (secondary N) is 1. The fraction of sp³-hybridized carbons (Fsp3) is 0.364. The first-order valence-electron chi connectivity index (χ1n) is 10.2. The zero-order chi connectivity index (χ0) is 22.3. The fourth-order valence-electron chi connectivity index (χ4n) is 4.22. The molecular formula is C22H25FN3O4S+. The van der Waals surface area contributed by atoms with Crippen molar-refractivity contribution in [3.63, 3.8) is 0 Å². The molecule has 2 aromatic rings. The van der Waals surface area contributed by atoms with Gasteiger partial charge in [-0.3, -0.25) is 9.59 Å². The molecule has 0 aliphatic carbocycles. The number of nitrogens with zero attached hydrogens (tertiary/aromatic N) is 2. The second-order valence-electron chi connectivity index (χ2n) is 8.08. The molecule has 0 radical (unpaired) electrons. The van der Waals surface area contributed by atoms with E-state index in [1.807, 2.05) is 13.8 Å². The van der Waals surface area contributed by atoms with Crippen LogP contribution in [0.25, 0.3) is 0 Å². The van der Waals surface area contributed by atoms with Gasteiger partial charge in [0.05, 0.1) is 43.2 Å². The van der Waals surface area contributed by atoms with Crippen LogP contribution in [0, 0.1) is 19.7 Å². The predicted molar refractivity (Wildman–Crippen MR) is 113 cm³/mol. The Bertz CT molecular complexity index is 1140. The van der Waals surface area contributed by atoms with Crippen molar-refractivity contribution in [2.45, 2.75) is 31.2 Å². The minimum Gasteiger partial charge on any atom is -0.322 e. The highest BCUT2D eigenvalue weighted by molar-refractivity contribution is 7.89. The van der Waals surface area contributed by atoms with Crippen molar-refractivity contribution in [1.82, 2.24) is 4.31 Å². The van der Waals surface area contributed by atoms with Crippen LogP contribution in [0.5, 0.6) is 0 Å². The maximum atomic E-state index is 14.1. The number of benzene rings is 2. The molecule has 1 N–H and O–H groups in total. The van der Waals surface area contributed by atoms with Gasteiger partial charge in [-0.1, -0.05) is 18.2 Å². The van der Waals surface area contributed by atoms with Gasteiger partial charge in [0.15, 0.2) is 6.04 Å². The van der Waals surface area contributed by atoms with Crippen molar-refractivity contribution < 1.29 is 27.3 Å². The van der Waals surface area contributed by atoms with Gasteiger partial charge < -0.3 is 4.90 Å². The van der Waals surface area contributed by atoms with Crippen molar-refractivity contribution in [1.29, 1.82) is 0 Å². The minimum atomic E-state index is -3.62. The second kappa shape index (κ2) is 8.14. The van der Waals surface area contributed by atoms with Crippen LogP contribution in [0.3, 0.4) is 0 Å². The molecular weight excluding hydrogens is 421 g/mol.